The molecule has 17 heavy (non-hydrogen) atoms. The second-order valence-electron chi connectivity index (χ2n) is 4.77. The molecule has 1 N–H and O–H groups in total. The van der Waals surface area contributed by atoms with E-state index in [1.165, 1.54) is 12.8 Å². The Hall–Kier alpha value is -0.250. The second-order valence-corrected chi connectivity index (χ2v) is 5.68. The van der Waals surface area contributed by atoms with Gasteiger partial charge in [-0.2, -0.15) is 5.10 Å². The molecule has 1 fully saturated rings. The van der Waals surface area contributed by atoms with Crippen molar-refractivity contribution in [3.63, 3.8) is 0 Å². The van der Waals surface area contributed by atoms with E-state index in [4.69, 9.17) is 23.2 Å². The summed E-state index contributed by atoms with van der Waals surface area (Å²) in [5, 5.41) is 8.79. The summed E-state index contributed by atoms with van der Waals surface area (Å²) in [6.07, 6.45) is 4.78. The van der Waals surface area contributed by atoms with Gasteiger partial charge in [0.05, 0.1) is 5.69 Å². The van der Waals surface area contributed by atoms with Crippen LogP contribution in [-0.2, 0) is 13.6 Å². The maximum Gasteiger partial charge on any atom is 0.131 e. The van der Waals surface area contributed by atoms with Gasteiger partial charge in [0.1, 0.15) is 5.15 Å². The van der Waals surface area contributed by atoms with Gasteiger partial charge < -0.3 is 5.32 Å². The van der Waals surface area contributed by atoms with Gasteiger partial charge in [0, 0.05) is 30.6 Å². The molecule has 1 saturated carbocycles. The molecule has 0 spiro atoms. The van der Waals surface area contributed by atoms with Crippen LogP contribution in [0.5, 0.6) is 0 Å². The molecule has 1 heterocycles. The number of aromatic nitrogens is 2. The van der Waals surface area contributed by atoms with Crippen LogP contribution in [0.3, 0.4) is 0 Å². The zero-order valence-electron chi connectivity index (χ0n) is 10.3. The van der Waals surface area contributed by atoms with Crippen LogP contribution in [0.4, 0.5) is 0 Å². The van der Waals surface area contributed by atoms with Gasteiger partial charge in [-0.1, -0.05) is 24.4 Å². The molecule has 96 valence electrons. The van der Waals surface area contributed by atoms with Crippen LogP contribution < -0.4 is 5.32 Å². The van der Waals surface area contributed by atoms with Gasteiger partial charge in [-0.15, -0.1) is 11.6 Å². The first-order valence-corrected chi connectivity index (χ1v) is 6.96. The zero-order chi connectivity index (χ0) is 12.4. The van der Waals surface area contributed by atoms with E-state index in [0.29, 0.717) is 6.04 Å². The SMILES string of the molecule is Cc1nn(C)c(Cl)c1CNC1CCCCC1Cl. The fraction of sp³-hybridized carbons (Fsp3) is 0.750. The number of nitrogens with zero attached hydrogens (tertiary/aromatic N) is 2. The Bertz CT molecular complexity index is 389. The average molecular weight is 276 g/mol. The van der Waals surface area contributed by atoms with Crippen molar-refractivity contribution in [3.8, 4) is 0 Å². The Morgan fingerprint density at radius 2 is 2.12 bits per heavy atom. The maximum absolute atomic E-state index is 6.32. The first-order valence-electron chi connectivity index (χ1n) is 6.15. The normalized spacial score (nSPS) is 25.2. The van der Waals surface area contributed by atoms with Gasteiger partial charge in [-0.25, -0.2) is 0 Å². The van der Waals surface area contributed by atoms with Crippen LogP contribution in [0.25, 0.3) is 0 Å². The number of hydrogen-bond acceptors (Lipinski definition) is 2. The van der Waals surface area contributed by atoms with Crippen molar-refractivity contribution < 1.29 is 0 Å². The summed E-state index contributed by atoms with van der Waals surface area (Å²) >= 11 is 12.5. The summed E-state index contributed by atoms with van der Waals surface area (Å²) < 4.78 is 1.72. The average Bonchev–Trinajstić information content (AvgIpc) is 2.53. The molecule has 1 aromatic rings. The van der Waals surface area contributed by atoms with Crippen molar-refractivity contribution in [1.82, 2.24) is 15.1 Å². The lowest BCUT2D eigenvalue weighted by Gasteiger charge is -2.28. The van der Waals surface area contributed by atoms with Gasteiger partial charge in [-0.3, -0.25) is 4.68 Å². The molecule has 1 aliphatic carbocycles. The third-order valence-electron chi connectivity index (χ3n) is 3.49. The summed E-state index contributed by atoms with van der Waals surface area (Å²) in [5.41, 5.74) is 2.08. The van der Waals surface area contributed by atoms with Crippen LogP contribution in [-0.4, -0.2) is 21.2 Å². The van der Waals surface area contributed by atoms with Crippen molar-refractivity contribution in [3.05, 3.63) is 16.4 Å². The molecule has 0 amide bonds. The predicted octanol–water partition coefficient (Wildman–Crippen LogP) is 3.02. The van der Waals surface area contributed by atoms with Gasteiger partial charge in [0.25, 0.3) is 0 Å². The minimum Gasteiger partial charge on any atom is -0.308 e. The molecular formula is C12H19Cl2N3. The maximum atomic E-state index is 6.32. The van der Waals surface area contributed by atoms with E-state index in [0.717, 1.165) is 35.8 Å². The largest absolute Gasteiger partial charge is 0.308 e. The Kier molecular flexibility index (Phi) is 4.34. The number of nitrogens with one attached hydrogen (secondary N) is 1. The molecule has 2 atom stereocenters. The summed E-state index contributed by atoms with van der Waals surface area (Å²) in [5.74, 6) is 0. The quantitative estimate of drug-likeness (QED) is 0.860. The predicted molar refractivity (Wildman–Crippen MR) is 71.7 cm³/mol. The molecule has 5 heteroatoms. The Balaban J connectivity index is 1.97. The molecule has 0 radical (unpaired) electrons. The molecule has 0 aliphatic heterocycles. The first-order chi connectivity index (χ1) is 8.09. The zero-order valence-corrected chi connectivity index (χ0v) is 11.9. The number of halogens is 2. The first kappa shape index (κ1) is 13.2. The van der Waals surface area contributed by atoms with Crippen molar-refractivity contribution in [2.24, 2.45) is 7.05 Å². The van der Waals surface area contributed by atoms with Crippen molar-refractivity contribution in [1.29, 1.82) is 0 Å². The van der Waals surface area contributed by atoms with Crippen LogP contribution in [0.1, 0.15) is 36.9 Å². The van der Waals surface area contributed by atoms with Crippen LogP contribution in [0, 0.1) is 6.92 Å². The molecule has 0 aromatic carbocycles. The fourth-order valence-electron chi connectivity index (χ4n) is 2.42. The van der Waals surface area contributed by atoms with Gasteiger partial charge in [0.15, 0.2) is 0 Å². The van der Waals surface area contributed by atoms with Gasteiger partial charge >= 0.3 is 0 Å². The van der Waals surface area contributed by atoms with Crippen molar-refractivity contribution in [2.45, 2.75) is 50.6 Å². The molecular weight excluding hydrogens is 257 g/mol. The smallest absolute Gasteiger partial charge is 0.131 e. The van der Waals surface area contributed by atoms with E-state index in [9.17, 15) is 0 Å². The van der Waals surface area contributed by atoms with Gasteiger partial charge in [-0.05, 0) is 19.8 Å². The molecule has 0 bridgehead atoms. The summed E-state index contributed by atoms with van der Waals surface area (Å²) in [6, 6.07) is 0.404. The Morgan fingerprint density at radius 1 is 1.41 bits per heavy atom. The number of hydrogen-bond donors (Lipinski definition) is 1. The molecule has 1 aliphatic rings. The van der Waals surface area contributed by atoms with E-state index >= 15 is 0 Å². The minimum atomic E-state index is 0.250. The molecule has 3 nitrogen and oxygen atoms in total. The number of rotatable bonds is 3. The lowest BCUT2D eigenvalue weighted by molar-refractivity contribution is 0.378. The molecule has 1 aromatic heterocycles. The van der Waals surface area contributed by atoms with E-state index in [1.807, 2.05) is 14.0 Å². The molecule has 2 unspecified atom stereocenters. The number of aryl methyl sites for hydroxylation is 2. The summed E-state index contributed by atoms with van der Waals surface area (Å²) in [4.78, 5) is 0. The van der Waals surface area contributed by atoms with E-state index in [2.05, 4.69) is 10.4 Å². The Morgan fingerprint density at radius 3 is 2.71 bits per heavy atom. The molecule has 0 saturated heterocycles. The van der Waals surface area contributed by atoms with E-state index in [-0.39, 0.29) is 5.38 Å². The van der Waals surface area contributed by atoms with E-state index < -0.39 is 0 Å². The summed E-state index contributed by atoms with van der Waals surface area (Å²) in [6.45, 7) is 2.74. The third-order valence-corrected chi connectivity index (χ3v) is 4.49. The molecule has 2 rings (SSSR count). The van der Waals surface area contributed by atoms with Crippen molar-refractivity contribution in [2.75, 3.05) is 0 Å². The lowest BCUT2D eigenvalue weighted by Crippen LogP contribution is -2.38. The fourth-order valence-corrected chi connectivity index (χ4v) is 3.03. The van der Waals surface area contributed by atoms with Crippen LogP contribution in [0.2, 0.25) is 5.15 Å². The Labute approximate surface area is 112 Å². The van der Waals surface area contributed by atoms with E-state index in [1.54, 1.807) is 4.68 Å². The summed E-state index contributed by atoms with van der Waals surface area (Å²) in [7, 11) is 1.86. The highest BCUT2D eigenvalue weighted by Gasteiger charge is 2.23. The van der Waals surface area contributed by atoms with Crippen LogP contribution in [0.15, 0.2) is 0 Å². The minimum absolute atomic E-state index is 0.250. The number of alkyl halides is 1. The third kappa shape index (κ3) is 2.95. The topological polar surface area (TPSA) is 29.9 Å². The highest BCUT2D eigenvalue weighted by molar-refractivity contribution is 6.30. The lowest BCUT2D eigenvalue weighted by atomic mass is 9.95. The standard InChI is InChI=1S/C12H19Cl2N3/c1-8-9(12(14)17(2)16-8)7-15-11-6-4-3-5-10(11)13/h10-11,15H,3-7H2,1-2H3. The van der Waals surface area contributed by atoms with Crippen LogP contribution >= 0.6 is 23.2 Å². The highest BCUT2D eigenvalue weighted by atomic mass is 35.5. The second kappa shape index (κ2) is 5.59. The van der Waals surface area contributed by atoms with Gasteiger partial charge in [0.2, 0.25) is 0 Å². The monoisotopic (exact) mass is 275 g/mol. The highest BCUT2D eigenvalue weighted by Crippen LogP contribution is 2.24. The van der Waals surface area contributed by atoms with Crippen molar-refractivity contribution >= 4 is 23.2 Å².